The molecule has 0 saturated carbocycles. The minimum atomic E-state index is 0.0512. The molecule has 0 saturated heterocycles. The molecule has 4 heteroatoms. The number of nitrogens with two attached hydrogens (primary N) is 1. The van der Waals surface area contributed by atoms with Crippen LogP contribution < -0.4 is 16.0 Å². The van der Waals surface area contributed by atoms with Gasteiger partial charge in [-0.2, -0.15) is 0 Å². The van der Waals surface area contributed by atoms with Crippen molar-refractivity contribution in [2.45, 2.75) is 32.7 Å². The number of amides is 1. The van der Waals surface area contributed by atoms with Crippen LogP contribution in [0.5, 0.6) is 0 Å². The van der Waals surface area contributed by atoms with Crippen molar-refractivity contribution >= 4 is 17.3 Å². The largest absolute Gasteiger partial charge is 0.399 e. The third-order valence-corrected chi connectivity index (χ3v) is 2.84. The van der Waals surface area contributed by atoms with Crippen molar-refractivity contribution < 1.29 is 4.79 Å². The first-order chi connectivity index (χ1) is 8.52. The summed E-state index contributed by atoms with van der Waals surface area (Å²) in [5.41, 5.74) is 7.35. The van der Waals surface area contributed by atoms with Crippen LogP contribution in [0.25, 0.3) is 0 Å². The van der Waals surface area contributed by atoms with E-state index in [0.717, 1.165) is 24.2 Å². The molecule has 1 aromatic carbocycles. The number of likely N-dealkylation sites (N-methyl/N-ethyl adjacent to an activating group) is 1. The predicted molar refractivity (Wildman–Crippen MR) is 76.6 cm³/mol. The molecule has 0 aliphatic heterocycles. The number of anilines is 2. The molecule has 0 bridgehead atoms. The second-order valence-corrected chi connectivity index (χ2v) is 4.70. The highest BCUT2D eigenvalue weighted by molar-refractivity contribution is 5.81. The fraction of sp³-hybridized carbons (Fsp3) is 0.500. The Morgan fingerprint density at radius 1 is 1.39 bits per heavy atom. The van der Waals surface area contributed by atoms with E-state index in [0.29, 0.717) is 6.54 Å². The lowest BCUT2D eigenvalue weighted by Crippen LogP contribution is -2.39. The first-order valence-electron chi connectivity index (χ1n) is 6.39. The Labute approximate surface area is 109 Å². The number of nitrogen functional groups attached to an aromatic ring is 1. The highest BCUT2D eigenvalue weighted by atomic mass is 16.2. The minimum absolute atomic E-state index is 0.0512. The number of rotatable bonds is 6. The predicted octanol–water partition coefficient (Wildman–Crippen LogP) is 2.01. The van der Waals surface area contributed by atoms with Gasteiger partial charge in [-0.05, 0) is 37.6 Å². The molecule has 0 aliphatic carbocycles. The summed E-state index contributed by atoms with van der Waals surface area (Å²) in [5.74, 6) is 0.0512. The summed E-state index contributed by atoms with van der Waals surface area (Å²) >= 11 is 0. The molecule has 100 valence electrons. The summed E-state index contributed by atoms with van der Waals surface area (Å²) in [6.07, 6.45) is 2.09. The maximum Gasteiger partial charge on any atom is 0.239 e. The smallest absolute Gasteiger partial charge is 0.239 e. The van der Waals surface area contributed by atoms with Crippen LogP contribution in [-0.4, -0.2) is 25.5 Å². The topological polar surface area (TPSA) is 58.4 Å². The summed E-state index contributed by atoms with van der Waals surface area (Å²) < 4.78 is 0. The number of benzene rings is 1. The monoisotopic (exact) mass is 249 g/mol. The number of nitrogens with zero attached hydrogens (tertiary/aromatic N) is 1. The molecule has 0 radical (unpaired) electrons. The lowest BCUT2D eigenvalue weighted by molar-refractivity contribution is -0.120. The van der Waals surface area contributed by atoms with Crippen LogP contribution in [0, 0.1) is 0 Å². The van der Waals surface area contributed by atoms with Gasteiger partial charge in [-0.1, -0.05) is 13.3 Å². The quantitative estimate of drug-likeness (QED) is 0.758. The molecule has 1 rings (SSSR count). The normalized spacial score (nSPS) is 11.9. The average molecular weight is 249 g/mol. The molecule has 1 aromatic rings. The van der Waals surface area contributed by atoms with Crippen LogP contribution in [0.4, 0.5) is 11.4 Å². The lowest BCUT2D eigenvalue weighted by Gasteiger charge is -2.20. The van der Waals surface area contributed by atoms with Crippen molar-refractivity contribution in [1.82, 2.24) is 5.32 Å². The molecule has 1 atom stereocenters. The van der Waals surface area contributed by atoms with Gasteiger partial charge in [0.2, 0.25) is 5.91 Å². The van der Waals surface area contributed by atoms with Gasteiger partial charge >= 0.3 is 0 Å². The third kappa shape index (κ3) is 4.65. The number of nitrogens with one attached hydrogen (secondary N) is 1. The van der Waals surface area contributed by atoms with Crippen molar-refractivity contribution in [3.05, 3.63) is 24.3 Å². The summed E-state index contributed by atoms with van der Waals surface area (Å²) in [6.45, 7) is 4.51. The maximum absolute atomic E-state index is 11.8. The zero-order chi connectivity index (χ0) is 13.5. The van der Waals surface area contributed by atoms with E-state index in [-0.39, 0.29) is 11.9 Å². The maximum atomic E-state index is 11.8. The SMILES string of the molecule is CCCC(C)NC(=O)CN(C)c1ccc(N)cc1. The van der Waals surface area contributed by atoms with Crippen LogP contribution in [0.1, 0.15) is 26.7 Å². The average Bonchev–Trinajstić information content (AvgIpc) is 2.29. The molecular weight excluding hydrogens is 226 g/mol. The van der Waals surface area contributed by atoms with Crippen molar-refractivity contribution in [3.8, 4) is 0 Å². The van der Waals surface area contributed by atoms with Crippen LogP contribution in [0.2, 0.25) is 0 Å². The van der Waals surface area contributed by atoms with Gasteiger partial charge in [-0.15, -0.1) is 0 Å². The fourth-order valence-corrected chi connectivity index (χ4v) is 1.86. The Kier molecular flexibility index (Phi) is 5.49. The molecular formula is C14H23N3O. The van der Waals surface area contributed by atoms with Crippen molar-refractivity contribution in [2.75, 3.05) is 24.2 Å². The van der Waals surface area contributed by atoms with Gasteiger partial charge in [0.05, 0.1) is 6.54 Å². The van der Waals surface area contributed by atoms with Gasteiger partial charge < -0.3 is 16.0 Å². The number of hydrogen-bond donors (Lipinski definition) is 2. The van der Waals surface area contributed by atoms with Crippen LogP contribution in [0.3, 0.4) is 0 Å². The van der Waals surface area contributed by atoms with E-state index in [9.17, 15) is 4.79 Å². The number of carbonyl (C=O) groups is 1. The summed E-state index contributed by atoms with van der Waals surface area (Å²) in [5, 5.41) is 2.99. The van der Waals surface area contributed by atoms with Crippen LogP contribution >= 0.6 is 0 Å². The summed E-state index contributed by atoms with van der Waals surface area (Å²) in [4.78, 5) is 13.7. The Hall–Kier alpha value is -1.71. The molecule has 1 amide bonds. The van der Waals surface area contributed by atoms with Crippen molar-refractivity contribution in [2.24, 2.45) is 0 Å². The van der Waals surface area contributed by atoms with Crippen LogP contribution in [-0.2, 0) is 4.79 Å². The molecule has 4 nitrogen and oxygen atoms in total. The highest BCUT2D eigenvalue weighted by Crippen LogP contribution is 2.14. The molecule has 0 fully saturated rings. The first kappa shape index (κ1) is 14.4. The van der Waals surface area contributed by atoms with Crippen molar-refractivity contribution in [1.29, 1.82) is 0 Å². The third-order valence-electron chi connectivity index (χ3n) is 2.84. The molecule has 1 unspecified atom stereocenters. The van der Waals surface area contributed by atoms with Crippen molar-refractivity contribution in [3.63, 3.8) is 0 Å². The number of hydrogen-bond acceptors (Lipinski definition) is 3. The zero-order valence-electron chi connectivity index (χ0n) is 11.4. The Bertz CT molecular complexity index is 375. The molecule has 0 heterocycles. The fourth-order valence-electron chi connectivity index (χ4n) is 1.86. The molecule has 0 spiro atoms. The molecule has 18 heavy (non-hydrogen) atoms. The van der Waals surface area contributed by atoms with E-state index in [2.05, 4.69) is 12.2 Å². The van der Waals surface area contributed by atoms with Crippen LogP contribution in [0.15, 0.2) is 24.3 Å². The second kappa shape index (κ2) is 6.89. The molecule has 0 aromatic heterocycles. The van der Waals surface area contributed by atoms with Gasteiger partial charge in [-0.3, -0.25) is 4.79 Å². The van der Waals surface area contributed by atoms with E-state index in [1.165, 1.54) is 0 Å². The molecule has 3 N–H and O–H groups in total. The lowest BCUT2D eigenvalue weighted by atomic mass is 10.2. The van der Waals surface area contributed by atoms with Gasteiger partial charge in [0.15, 0.2) is 0 Å². The number of carbonyl (C=O) groups excluding carboxylic acids is 1. The second-order valence-electron chi connectivity index (χ2n) is 4.70. The Balaban J connectivity index is 2.46. The Morgan fingerprint density at radius 3 is 2.56 bits per heavy atom. The van der Waals surface area contributed by atoms with Gasteiger partial charge in [0.1, 0.15) is 0 Å². The van der Waals surface area contributed by atoms with E-state index >= 15 is 0 Å². The zero-order valence-corrected chi connectivity index (χ0v) is 11.4. The summed E-state index contributed by atoms with van der Waals surface area (Å²) in [7, 11) is 1.90. The minimum Gasteiger partial charge on any atom is -0.399 e. The van der Waals surface area contributed by atoms with Gasteiger partial charge in [0.25, 0.3) is 0 Å². The summed E-state index contributed by atoms with van der Waals surface area (Å²) in [6, 6.07) is 7.74. The standard InChI is InChI=1S/C14H23N3O/c1-4-5-11(2)16-14(18)10-17(3)13-8-6-12(15)7-9-13/h6-9,11H,4-5,10,15H2,1-3H3,(H,16,18). The van der Waals surface area contributed by atoms with E-state index in [1.54, 1.807) is 0 Å². The highest BCUT2D eigenvalue weighted by Gasteiger charge is 2.09. The molecule has 0 aliphatic rings. The van der Waals surface area contributed by atoms with E-state index in [4.69, 9.17) is 5.73 Å². The van der Waals surface area contributed by atoms with E-state index < -0.39 is 0 Å². The Morgan fingerprint density at radius 2 is 2.00 bits per heavy atom. The van der Waals surface area contributed by atoms with Gasteiger partial charge in [0, 0.05) is 24.5 Å². The van der Waals surface area contributed by atoms with E-state index in [1.807, 2.05) is 43.1 Å². The van der Waals surface area contributed by atoms with Gasteiger partial charge in [-0.25, -0.2) is 0 Å². The first-order valence-corrected chi connectivity index (χ1v) is 6.39.